The molecule has 0 N–H and O–H groups in total. The van der Waals surface area contributed by atoms with Crippen LogP contribution in [0.4, 0.5) is 18.0 Å². The molecule has 0 saturated carbocycles. The standard InChI is InChI=1S/C24H24F3NO2/c25-24(26,27)20-9-4-8-18(13-20)12-19-14-21-10-5-11-22(15-19)28(21)23(29)30-16-17-6-2-1-3-7-17/h1-4,6-9,13-14,21-22H,5,10-12,15-16H2. The van der Waals surface area contributed by atoms with Crippen LogP contribution in [0.5, 0.6) is 0 Å². The molecule has 2 aliphatic rings. The molecule has 0 spiro atoms. The minimum absolute atomic E-state index is 0.0397. The second kappa shape index (κ2) is 8.54. The molecule has 30 heavy (non-hydrogen) atoms. The molecule has 2 unspecified atom stereocenters. The Labute approximate surface area is 174 Å². The number of nitrogens with zero attached hydrogens (tertiary/aromatic N) is 1. The van der Waals surface area contributed by atoms with Gasteiger partial charge in [-0.05, 0) is 49.3 Å². The van der Waals surface area contributed by atoms with Crippen molar-refractivity contribution in [2.75, 3.05) is 0 Å². The number of amides is 1. The fourth-order valence-electron chi connectivity index (χ4n) is 4.45. The van der Waals surface area contributed by atoms with E-state index in [0.29, 0.717) is 18.4 Å². The molecular formula is C24H24F3NO2. The molecule has 0 radical (unpaired) electrons. The van der Waals surface area contributed by atoms with Crippen LogP contribution in [0.3, 0.4) is 0 Å². The molecule has 0 aromatic heterocycles. The summed E-state index contributed by atoms with van der Waals surface area (Å²) in [6, 6.07) is 15.0. The zero-order valence-corrected chi connectivity index (χ0v) is 16.6. The fraction of sp³-hybridized carbons (Fsp3) is 0.375. The van der Waals surface area contributed by atoms with Crippen molar-refractivity contribution in [3.63, 3.8) is 0 Å². The molecule has 1 amide bonds. The monoisotopic (exact) mass is 415 g/mol. The van der Waals surface area contributed by atoms with Gasteiger partial charge in [0.25, 0.3) is 0 Å². The fourth-order valence-corrected chi connectivity index (χ4v) is 4.45. The lowest BCUT2D eigenvalue weighted by Gasteiger charge is -2.44. The van der Waals surface area contributed by atoms with Gasteiger partial charge in [0, 0.05) is 6.04 Å². The summed E-state index contributed by atoms with van der Waals surface area (Å²) in [5.41, 5.74) is 2.06. The summed E-state index contributed by atoms with van der Waals surface area (Å²) in [4.78, 5) is 14.6. The van der Waals surface area contributed by atoms with E-state index in [9.17, 15) is 18.0 Å². The number of ether oxygens (including phenoxy) is 1. The largest absolute Gasteiger partial charge is 0.445 e. The first kappa shape index (κ1) is 20.5. The highest BCUT2D eigenvalue weighted by molar-refractivity contribution is 5.69. The molecule has 1 fully saturated rings. The first-order valence-electron chi connectivity index (χ1n) is 10.2. The van der Waals surface area contributed by atoms with Gasteiger partial charge < -0.3 is 4.74 Å². The molecule has 2 bridgehead atoms. The van der Waals surface area contributed by atoms with Crippen molar-refractivity contribution >= 4 is 6.09 Å². The second-order valence-electron chi connectivity index (χ2n) is 8.00. The maximum absolute atomic E-state index is 13.0. The molecule has 2 aromatic carbocycles. The Morgan fingerprint density at radius 2 is 1.80 bits per heavy atom. The predicted molar refractivity (Wildman–Crippen MR) is 108 cm³/mol. The third kappa shape index (κ3) is 4.69. The second-order valence-corrected chi connectivity index (χ2v) is 8.00. The number of fused-ring (bicyclic) bond motifs is 2. The van der Waals surface area contributed by atoms with Crippen LogP contribution in [-0.4, -0.2) is 23.1 Å². The van der Waals surface area contributed by atoms with Gasteiger partial charge in [-0.15, -0.1) is 0 Å². The zero-order chi connectivity index (χ0) is 21.1. The van der Waals surface area contributed by atoms with Crippen LogP contribution < -0.4 is 0 Å². The number of carbonyl (C=O) groups excluding carboxylic acids is 1. The van der Waals surface area contributed by atoms with Gasteiger partial charge in [-0.2, -0.15) is 13.2 Å². The van der Waals surface area contributed by atoms with Gasteiger partial charge in [0.05, 0.1) is 11.6 Å². The van der Waals surface area contributed by atoms with E-state index in [4.69, 9.17) is 4.74 Å². The Kier molecular flexibility index (Phi) is 5.84. The van der Waals surface area contributed by atoms with E-state index in [1.165, 1.54) is 12.1 Å². The van der Waals surface area contributed by atoms with Crippen molar-refractivity contribution in [2.24, 2.45) is 0 Å². The SMILES string of the molecule is O=C(OCc1ccccc1)N1C2C=C(Cc3cccc(C(F)(F)F)c3)CC1CCC2. The summed E-state index contributed by atoms with van der Waals surface area (Å²) in [5, 5.41) is 0. The van der Waals surface area contributed by atoms with Crippen molar-refractivity contribution in [2.45, 2.75) is 57.0 Å². The highest BCUT2D eigenvalue weighted by atomic mass is 19.4. The molecule has 4 rings (SSSR count). The highest BCUT2D eigenvalue weighted by Gasteiger charge is 2.38. The lowest BCUT2D eigenvalue weighted by atomic mass is 9.83. The van der Waals surface area contributed by atoms with Gasteiger partial charge in [-0.25, -0.2) is 4.79 Å². The predicted octanol–water partition coefficient (Wildman–Crippen LogP) is 6.14. The minimum atomic E-state index is -4.34. The van der Waals surface area contributed by atoms with Crippen LogP contribution in [0, 0.1) is 0 Å². The number of carbonyl (C=O) groups is 1. The van der Waals surface area contributed by atoms with Crippen LogP contribution in [-0.2, 0) is 23.9 Å². The Morgan fingerprint density at radius 1 is 1.03 bits per heavy atom. The number of hydrogen-bond donors (Lipinski definition) is 0. The Hall–Kier alpha value is -2.76. The molecule has 158 valence electrons. The van der Waals surface area contributed by atoms with Crippen LogP contribution in [0.15, 0.2) is 66.2 Å². The van der Waals surface area contributed by atoms with E-state index in [0.717, 1.165) is 36.5 Å². The molecule has 2 aliphatic heterocycles. The smallest absolute Gasteiger partial charge is 0.416 e. The van der Waals surface area contributed by atoms with Gasteiger partial charge >= 0.3 is 12.3 Å². The first-order chi connectivity index (χ1) is 14.4. The third-order valence-corrected chi connectivity index (χ3v) is 5.82. The van der Waals surface area contributed by atoms with Crippen molar-refractivity contribution in [1.82, 2.24) is 4.90 Å². The molecule has 2 atom stereocenters. The zero-order valence-electron chi connectivity index (χ0n) is 16.6. The van der Waals surface area contributed by atoms with Crippen LogP contribution >= 0.6 is 0 Å². The van der Waals surface area contributed by atoms with Crippen molar-refractivity contribution < 1.29 is 22.7 Å². The van der Waals surface area contributed by atoms with E-state index in [-0.39, 0.29) is 24.8 Å². The first-order valence-corrected chi connectivity index (χ1v) is 10.2. The number of benzene rings is 2. The van der Waals surface area contributed by atoms with Crippen molar-refractivity contribution in [3.05, 3.63) is 82.9 Å². The Morgan fingerprint density at radius 3 is 2.53 bits per heavy atom. The molecule has 0 aliphatic carbocycles. The van der Waals surface area contributed by atoms with E-state index in [1.54, 1.807) is 6.07 Å². The van der Waals surface area contributed by atoms with Gasteiger partial charge in [0.2, 0.25) is 0 Å². The Bertz CT molecular complexity index is 924. The normalized spacial score (nSPS) is 21.2. The molecule has 2 aromatic rings. The van der Waals surface area contributed by atoms with Gasteiger partial charge in [-0.1, -0.05) is 60.2 Å². The molecule has 3 nitrogen and oxygen atoms in total. The maximum Gasteiger partial charge on any atom is 0.416 e. The average molecular weight is 415 g/mol. The molecule has 1 saturated heterocycles. The number of alkyl halides is 3. The average Bonchev–Trinajstić information content (AvgIpc) is 2.72. The summed E-state index contributed by atoms with van der Waals surface area (Å²) in [7, 11) is 0. The van der Waals surface area contributed by atoms with E-state index < -0.39 is 11.7 Å². The summed E-state index contributed by atoms with van der Waals surface area (Å²) in [6.45, 7) is 0.233. The van der Waals surface area contributed by atoms with Crippen LogP contribution in [0.2, 0.25) is 0 Å². The van der Waals surface area contributed by atoms with E-state index in [1.807, 2.05) is 35.2 Å². The number of halogens is 3. The van der Waals surface area contributed by atoms with Crippen molar-refractivity contribution in [3.8, 4) is 0 Å². The topological polar surface area (TPSA) is 29.5 Å². The number of rotatable bonds is 4. The summed E-state index contributed by atoms with van der Waals surface area (Å²) >= 11 is 0. The lowest BCUT2D eigenvalue weighted by molar-refractivity contribution is -0.137. The molecule has 2 heterocycles. The van der Waals surface area contributed by atoms with E-state index >= 15 is 0 Å². The molecular weight excluding hydrogens is 391 g/mol. The number of hydrogen-bond acceptors (Lipinski definition) is 2. The van der Waals surface area contributed by atoms with Crippen LogP contribution in [0.1, 0.15) is 42.4 Å². The third-order valence-electron chi connectivity index (χ3n) is 5.82. The van der Waals surface area contributed by atoms with Crippen LogP contribution in [0.25, 0.3) is 0 Å². The maximum atomic E-state index is 13.0. The highest BCUT2D eigenvalue weighted by Crippen LogP contribution is 2.36. The van der Waals surface area contributed by atoms with Gasteiger partial charge in [-0.3, -0.25) is 4.90 Å². The molecule has 6 heteroatoms. The van der Waals surface area contributed by atoms with Gasteiger partial charge in [0.1, 0.15) is 6.61 Å². The summed E-state index contributed by atoms with van der Waals surface area (Å²) < 4.78 is 44.5. The quantitative estimate of drug-likeness (QED) is 0.562. The minimum Gasteiger partial charge on any atom is -0.445 e. The van der Waals surface area contributed by atoms with Gasteiger partial charge in [0.15, 0.2) is 0 Å². The van der Waals surface area contributed by atoms with E-state index in [2.05, 4.69) is 6.08 Å². The number of piperidine rings is 1. The summed E-state index contributed by atoms with van der Waals surface area (Å²) in [6.07, 6.45) is 1.32. The Balaban J connectivity index is 1.45. The van der Waals surface area contributed by atoms with Crippen molar-refractivity contribution in [1.29, 1.82) is 0 Å². The lowest BCUT2D eigenvalue weighted by Crippen LogP contribution is -2.52. The summed E-state index contributed by atoms with van der Waals surface area (Å²) in [5.74, 6) is 0.